The van der Waals surface area contributed by atoms with Gasteiger partial charge in [-0.3, -0.25) is 4.79 Å². The molecule has 3 aliphatic heterocycles. The summed E-state index contributed by atoms with van der Waals surface area (Å²) in [7, 11) is 3.01. The van der Waals surface area contributed by atoms with E-state index in [9.17, 15) is 9.59 Å². The van der Waals surface area contributed by atoms with Crippen LogP contribution in [0.2, 0.25) is 0 Å². The van der Waals surface area contributed by atoms with E-state index < -0.39 is 12.0 Å². The molecule has 3 heterocycles. The molecule has 0 radical (unpaired) electrons. The molecule has 1 aromatic rings. The summed E-state index contributed by atoms with van der Waals surface area (Å²) in [4.78, 5) is 35.1. The van der Waals surface area contributed by atoms with Crippen LogP contribution in [0, 0.1) is 0 Å². The fourth-order valence-corrected chi connectivity index (χ4v) is 5.76. The topological polar surface area (TPSA) is 71.4 Å². The van der Waals surface area contributed by atoms with Crippen LogP contribution < -0.4 is 4.74 Å². The minimum atomic E-state index is -0.483. The molecule has 176 valence electrons. The number of esters is 1. The summed E-state index contributed by atoms with van der Waals surface area (Å²) in [5, 5.41) is 2.76. The predicted molar refractivity (Wildman–Crippen MR) is 130 cm³/mol. The lowest BCUT2D eigenvalue weighted by atomic mass is 9.92. The van der Waals surface area contributed by atoms with Crippen molar-refractivity contribution in [3.05, 3.63) is 52.2 Å². The predicted octanol–water partition coefficient (Wildman–Crippen LogP) is 4.62. The lowest BCUT2D eigenvalue weighted by Gasteiger charge is -2.38. The first-order chi connectivity index (χ1) is 16.0. The number of methoxy groups -OCH3 is 2. The van der Waals surface area contributed by atoms with Gasteiger partial charge in [-0.15, -0.1) is 0 Å². The molecule has 8 heteroatoms. The highest BCUT2D eigenvalue weighted by atomic mass is 32.2. The number of piperidine rings is 1. The summed E-state index contributed by atoms with van der Waals surface area (Å²) < 4.78 is 10.8. The van der Waals surface area contributed by atoms with Gasteiger partial charge in [0.15, 0.2) is 5.17 Å². The monoisotopic (exact) mass is 469 g/mol. The third-order valence-electron chi connectivity index (χ3n) is 6.52. The number of hydrogen-bond acceptors (Lipinski definition) is 7. The van der Waals surface area contributed by atoms with E-state index in [-0.39, 0.29) is 18.4 Å². The van der Waals surface area contributed by atoms with Crippen molar-refractivity contribution in [2.75, 3.05) is 20.8 Å². The number of rotatable bonds is 6. The SMILES string of the molecule is CCC1=C(C(=O)OC)[C@H](c2ccccc2OC)N2C(CC(=O)N3CCCC[C@@H]3C)=CSC2=N1. The molecule has 0 saturated carbocycles. The zero-order chi connectivity index (χ0) is 23.5. The quantitative estimate of drug-likeness (QED) is 0.566. The average Bonchev–Trinajstić information content (AvgIpc) is 3.24. The van der Waals surface area contributed by atoms with Crippen LogP contribution in [0.5, 0.6) is 5.75 Å². The van der Waals surface area contributed by atoms with Gasteiger partial charge in [-0.1, -0.05) is 36.9 Å². The maximum absolute atomic E-state index is 13.3. The van der Waals surface area contributed by atoms with Crippen LogP contribution in [0.4, 0.5) is 0 Å². The number of aliphatic imine (C=N–C) groups is 1. The summed E-state index contributed by atoms with van der Waals surface area (Å²) in [5.74, 6) is 0.365. The van der Waals surface area contributed by atoms with E-state index >= 15 is 0 Å². The average molecular weight is 470 g/mol. The summed E-state index contributed by atoms with van der Waals surface area (Å²) in [6.07, 6.45) is 4.09. The molecule has 0 unspecified atom stereocenters. The van der Waals surface area contributed by atoms with E-state index in [0.29, 0.717) is 23.4 Å². The van der Waals surface area contributed by atoms with Gasteiger partial charge in [-0.25, -0.2) is 9.79 Å². The maximum Gasteiger partial charge on any atom is 0.338 e. The van der Waals surface area contributed by atoms with Crippen molar-refractivity contribution in [3.63, 3.8) is 0 Å². The Balaban J connectivity index is 1.75. The Morgan fingerprint density at radius 1 is 1.21 bits per heavy atom. The van der Waals surface area contributed by atoms with Gasteiger partial charge in [0.25, 0.3) is 0 Å². The number of allylic oxidation sites excluding steroid dienone is 1. The number of ether oxygens (including phenoxy) is 2. The van der Waals surface area contributed by atoms with E-state index in [2.05, 4.69) is 6.92 Å². The van der Waals surface area contributed by atoms with Crippen molar-refractivity contribution in [1.29, 1.82) is 0 Å². The Morgan fingerprint density at radius 3 is 2.70 bits per heavy atom. The van der Waals surface area contributed by atoms with Crippen LogP contribution in [-0.2, 0) is 14.3 Å². The van der Waals surface area contributed by atoms with E-state index in [0.717, 1.165) is 42.2 Å². The van der Waals surface area contributed by atoms with Gasteiger partial charge in [0, 0.05) is 23.8 Å². The Kier molecular flexibility index (Phi) is 7.12. The van der Waals surface area contributed by atoms with Crippen LogP contribution in [0.1, 0.15) is 57.6 Å². The van der Waals surface area contributed by atoms with Gasteiger partial charge in [0.05, 0.1) is 38.0 Å². The Bertz CT molecular complexity index is 1030. The van der Waals surface area contributed by atoms with Gasteiger partial charge >= 0.3 is 5.97 Å². The number of carbonyl (C=O) groups is 2. The third kappa shape index (κ3) is 4.40. The van der Waals surface area contributed by atoms with Crippen molar-refractivity contribution in [2.24, 2.45) is 4.99 Å². The molecular weight excluding hydrogens is 438 g/mol. The molecule has 1 fully saturated rings. The minimum absolute atomic E-state index is 0.110. The number of amidine groups is 1. The molecule has 33 heavy (non-hydrogen) atoms. The molecule has 1 aromatic carbocycles. The fraction of sp³-hybridized carbons (Fsp3) is 0.480. The number of nitrogens with zero attached hydrogens (tertiary/aromatic N) is 3. The Morgan fingerprint density at radius 2 is 2.00 bits per heavy atom. The first-order valence-electron chi connectivity index (χ1n) is 11.5. The summed E-state index contributed by atoms with van der Waals surface area (Å²) in [6.45, 7) is 4.89. The first kappa shape index (κ1) is 23.4. The Hall–Kier alpha value is -2.74. The van der Waals surface area contributed by atoms with Crippen molar-refractivity contribution in [3.8, 4) is 5.75 Å². The van der Waals surface area contributed by atoms with E-state index in [1.54, 1.807) is 7.11 Å². The highest BCUT2D eigenvalue weighted by molar-refractivity contribution is 8.16. The molecular formula is C25H31N3O4S. The van der Waals surface area contributed by atoms with Gasteiger partial charge in [-0.2, -0.15) is 0 Å². The fourth-order valence-electron chi connectivity index (χ4n) is 4.82. The number of thioether (sulfide) groups is 1. The lowest BCUT2D eigenvalue weighted by molar-refractivity contribution is -0.136. The third-order valence-corrected chi connectivity index (χ3v) is 7.41. The van der Waals surface area contributed by atoms with E-state index in [1.807, 2.05) is 46.4 Å². The second kappa shape index (κ2) is 10.0. The van der Waals surface area contributed by atoms with Crippen LogP contribution in [0.25, 0.3) is 0 Å². The molecule has 7 nitrogen and oxygen atoms in total. The second-order valence-corrected chi connectivity index (χ2v) is 9.29. The number of fused-ring (bicyclic) bond motifs is 1. The van der Waals surface area contributed by atoms with Crippen LogP contribution in [0.3, 0.4) is 0 Å². The summed E-state index contributed by atoms with van der Waals surface area (Å²) in [6, 6.07) is 7.43. The number of hydrogen-bond donors (Lipinski definition) is 0. The smallest absolute Gasteiger partial charge is 0.338 e. The lowest BCUT2D eigenvalue weighted by Crippen LogP contribution is -2.43. The highest BCUT2D eigenvalue weighted by Gasteiger charge is 2.43. The van der Waals surface area contributed by atoms with Gasteiger partial charge in [-0.05, 0) is 44.1 Å². The highest BCUT2D eigenvalue weighted by Crippen LogP contribution is 2.47. The molecule has 0 N–H and O–H groups in total. The number of benzene rings is 1. The molecule has 1 amide bonds. The molecule has 3 aliphatic rings. The first-order valence-corrected chi connectivity index (χ1v) is 12.3. The van der Waals surface area contributed by atoms with E-state index in [1.165, 1.54) is 18.9 Å². The molecule has 4 rings (SSSR count). The van der Waals surface area contributed by atoms with Crippen molar-refractivity contribution >= 4 is 28.8 Å². The Labute approximate surface area is 199 Å². The number of carbonyl (C=O) groups excluding carboxylic acids is 2. The molecule has 2 atom stereocenters. The summed E-state index contributed by atoms with van der Waals surface area (Å²) >= 11 is 1.49. The number of likely N-dealkylation sites (tertiary alicyclic amines) is 1. The molecule has 0 bridgehead atoms. The normalized spacial score (nSPS) is 22.5. The number of amides is 1. The zero-order valence-corrected chi connectivity index (χ0v) is 20.5. The van der Waals surface area contributed by atoms with Crippen LogP contribution >= 0.6 is 11.8 Å². The van der Waals surface area contributed by atoms with Crippen molar-refractivity contribution in [2.45, 2.75) is 58.0 Å². The second-order valence-electron chi connectivity index (χ2n) is 8.45. The van der Waals surface area contributed by atoms with E-state index in [4.69, 9.17) is 14.5 Å². The number of para-hydroxylation sites is 1. The largest absolute Gasteiger partial charge is 0.496 e. The molecule has 0 aliphatic carbocycles. The zero-order valence-electron chi connectivity index (χ0n) is 19.7. The standard InChI is InChI=1S/C25H31N3O4S/c1-5-19-22(24(30)32-4)23(18-11-6-7-12-20(18)31-3)28-17(15-33-25(28)26-19)14-21(29)27-13-9-8-10-16(27)2/h6-7,11-12,15-16,23H,5,8-10,13-14H2,1-4H3/t16-,23-/m0/s1. The minimum Gasteiger partial charge on any atom is -0.496 e. The van der Waals surface area contributed by atoms with Crippen molar-refractivity contribution < 1.29 is 19.1 Å². The molecule has 1 saturated heterocycles. The summed E-state index contributed by atoms with van der Waals surface area (Å²) in [5.41, 5.74) is 2.86. The van der Waals surface area contributed by atoms with Gasteiger partial charge in [0.1, 0.15) is 5.75 Å². The maximum atomic E-state index is 13.3. The van der Waals surface area contributed by atoms with Gasteiger partial charge < -0.3 is 19.3 Å². The van der Waals surface area contributed by atoms with Crippen molar-refractivity contribution in [1.82, 2.24) is 9.80 Å². The van der Waals surface area contributed by atoms with Crippen LogP contribution in [0.15, 0.2) is 51.6 Å². The molecule has 0 spiro atoms. The molecule has 0 aromatic heterocycles. The van der Waals surface area contributed by atoms with Crippen LogP contribution in [-0.4, -0.2) is 53.7 Å². The van der Waals surface area contributed by atoms with Gasteiger partial charge in [0.2, 0.25) is 5.91 Å².